The van der Waals surface area contributed by atoms with Crippen molar-refractivity contribution in [3.8, 4) is 11.8 Å². The van der Waals surface area contributed by atoms with Crippen molar-refractivity contribution in [1.29, 1.82) is 0 Å². The van der Waals surface area contributed by atoms with Gasteiger partial charge in [-0.2, -0.15) is 0 Å². The number of thiophene rings is 1. The topological polar surface area (TPSA) is 58.4 Å². The van der Waals surface area contributed by atoms with E-state index in [0.29, 0.717) is 13.1 Å². The maximum atomic E-state index is 11.9. The van der Waals surface area contributed by atoms with Crippen molar-refractivity contribution in [3.05, 3.63) is 21.9 Å². The fraction of sp³-hybridized carbons (Fsp3) is 0.500. The van der Waals surface area contributed by atoms with Crippen molar-refractivity contribution >= 4 is 17.2 Å². The smallest absolute Gasteiger partial charge is 0.240 e. The molecule has 1 saturated heterocycles. The first-order valence-corrected chi connectivity index (χ1v) is 7.22. The predicted octanol–water partition coefficient (Wildman–Crippen LogP) is 0.769. The summed E-state index contributed by atoms with van der Waals surface area (Å²) in [7, 11) is 0. The lowest BCUT2D eigenvalue weighted by Gasteiger charge is -2.41. The van der Waals surface area contributed by atoms with E-state index in [0.717, 1.165) is 18.7 Å². The lowest BCUT2D eigenvalue weighted by atomic mass is 9.98. The highest BCUT2D eigenvalue weighted by molar-refractivity contribution is 7.10. The number of hydrogen-bond donors (Lipinski definition) is 2. The summed E-state index contributed by atoms with van der Waals surface area (Å²) in [6.45, 7) is 6.61. The normalized spacial score (nSPS) is 18.6. The van der Waals surface area contributed by atoms with Crippen molar-refractivity contribution in [3.63, 3.8) is 0 Å². The highest BCUT2D eigenvalue weighted by Crippen LogP contribution is 2.24. The molecule has 19 heavy (non-hydrogen) atoms. The maximum absolute atomic E-state index is 11.9. The second-order valence-electron chi connectivity index (χ2n) is 5.00. The summed E-state index contributed by atoms with van der Waals surface area (Å²) in [5, 5.41) is 4.94. The van der Waals surface area contributed by atoms with Crippen molar-refractivity contribution in [2.75, 3.05) is 19.6 Å². The fourth-order valence-corrected chi connectivity index (χ4v) is 2.96. The fourth-order valence-electron chi connectivity index (χ4n) is 2.11. The Morgan fingerprint density at radius 1 is 1.58 bits per heavy atom. The summed E-state index contributed by atoms with van der Waals surface area (Å²) in [6, 6.07) is 2.01. The molecule has 1 aliphatic rings. The minimum absolute atomic E-state index is 0.0879. The summed E-state index contributed by atoms with van der Waals surface area (Å²) in [6.07, 6.45) is 0. The Balaban J connectivity index is 2.17. The zero-order valence-electron chi connectivity index (χ0n) is 11.3. The van der Waals surface area contributed by atoms with Gasteiger partial charge in [0.1, 0.15) is 0 Å². The van der Waals surface area contributed by atoms with Gasteiger partial charge in [-0.25, -0.2) is 0 Å². The van der Waals surface area contributed by atoms with E-state index in [9.17, 15) is 4.79 Å². The molecular weight excluding hydrogens is 258 g/mol. The highest BCUT2D eigenvalue weighted by Gasteiger charge is 2.37. The molecule has 0 atom stereocenters. The molecular formula is C14H19N3OS. The number of hydrogen-bond acceptors (Lipinski definition) is 4. The lowest BCUT2D eigenvalue weighted by molar-refractivity contribution is -0.135. The van der Waals surface area contributed by atoms with Gasteiger partial charge in [0.25, 0.3) is 0 Å². The van der Waals surface area contributed by atoms with E-state index in [4.69, 9.17) is 5.73 Å². The first-order chi connectivity index (χ1) is 9.05. The van der Waals surface area contributed by atoms with Crippen LogP contribution < -0.4 is 11.1 Å². The Bertz CT molecular complexity index is 524. The first kappa shape index (κ1) is 14.1. The number of piperazine rings is 1. The van der Waals surface area contributed by atoms with Gasteiger partial charge >= 0.3 is 0 Å². The number of nitrogens with one attached hydrogen (secondary N) is 1. The van der Waals surface area contributed by atoms with E-state index >= 15 is 0 Å². The Morgan fingerprint density at radius 3 is 3.11 bits per heavy atom. The van der Waals surface area contributed by atoms with Crippen LogP contribution in [0.4, 0.5) is 0 Å². The van der Waals surface area contributed by atoms with Gasteiger partial charge in [-0.15, -0.1) is 11.3 Å². The summed E-state index contributed by atoms with van der Waals surface area (Å²) >= 11 is 1.68. The third-order valence-electron chi connectivity index (χ3n) is 3.42. The number of nitrogens with zero attached hydrogens (tertiary/aromatic N) is 1. The van der Waals surface area contributed by atoms with Gasteiger partial charge in [0.05, 0.1) is 12.1 Å². The third-order valence-corrected chi connectivity index (χ3v) is 4.32. The molecule has 0 aromatic carbocycles. The minimum atomic E-state index is -0.471. The summed E-state index contributed by atoms with van der Waals surface area (Å²) in [4.78, 5) is 15.3. The average molecular weight is 277 g/mol. The highest BCUT2D eigenvalue weighted by atomic mass is 32.1. The van der Waals surface area contributed by atoms with Crippen LogP contribution in [0.5, 0.6) is 0 Å². The van der Waals surface area contributed by atoms with Crippen LogP contribution in [-0.4, -0.2) is 36.0 Å². The molecule has 2 rings (SSSR count). The summed E-state index contributed by atoms with van der Waals surface area (Å²) < 4.78 is 0. The predicted molar refractivity (Wildman–Crippen MR) is 77.8 cm³/mol. The molecule has 1 aromatic heterocycles. The van der Waals surface area contributed by atoms with Crippen LogP contribution in [0.25, 0.3) is 0 Å². The molecule has 4 nitrogen and oxygen atoms in total. The third kappa shape index (κ3) is 2.98. The van der Waals surface area contributed by atoms with Crippen LogP contribution in [0, 0.1) is 11.8 Å². The van der Waals surface area contributed by atoms with E-state index in [1.165, 1.54) is 4.88 Å². The SMILES string of the molecule is CC1(C)C(=O)NCCN1Cc1sccc1C#CCN. The number of rotatable bonds is 2. The molecule has 5 heteroatoms. The number of carbonyl (C=O) groups excluding carboxylic acids is 1. The van der Waals surface area contributed by atoms with E-state index in [1.807, 2.05) is 25.3 Å². The van der Waals surface area contributed by atoms with Gasteiger partial charge in [-0.1, -0.05) is 11.8 Å². The van der Waals surface area contributed by atoms with Gasteiger partial charge in [-0.3, -0.25) is 9.69 Å². The van der Waals surface area contributed by atoms with Crippen molar-refractivity contribution < 1.29 is 4.79 Å². The summed E-state index contributed by atoms with van der Waals surface area (Å²) in [5.41, 5.74) is 5.96. The first-order valence-electron chi connectivity index (χ1n) is 6.34. The number of amides is 1. The second kappa shape index (κ2) is 5.74. The average Bonchev–Trinajstić information content (AvgIpc) is 2.80. The molecule has 102 valence electrons. The van der Waals surface area contributed by atoms with Crippen molar-refractivity contribution in [2.45, 2.75) is 25.9 Å². The summed E-state index contributed by atoms with van der Waals surface area (Å²) in [5.74, 6) is 6.06. The zero-order chi connectivity index (χ0) is 13.9. The molecule has 0 aliphatic carbocycles. The molecule has 0 spiro atoms. The second-order valence-corrected chi connectivity index (χ2v) is 6.00. The van der Waals surface area contributed by atoms with E-state index in [2.05, 4.69) is 22.1 Å². The molecule has 1 aromatic rings. The largest absolute Gasteiger partial charge is 0.353 e. The van der Waals surface area contributed by atoms with Crippen molar-refractivity contribution in [2.24, 2.45) is 5.73 Å². The molecule has 3 N–H and O–H groups in total. The van der Waals surface area contributed by atoms with Crippen LogP contribution in [0.3, 0.4) is 0 Å². The van der Waals surface area contributed by atoms with E-state index in [1.54, 1.807) is 11.3 Å². The van der Waals surface area contributed by atoms with Gasteiger partial charge in [0.15, 0.2) is 0 Å². The standard InChI is InChI=1S/C14H19N3OS/c1-14(2)13(18)16-7-8-17(14)10-12-11(4-3-6-15)5-9-19-12/h5,9H,6-8,10,15H2,1-2H3,(H,16,18). The van der Waals surface area contributed by atoms with Crippen LogP contribution in [0.1, 0.15) is 24.3 Å². The monoisotopic (exact) mass is 277 g/mol. The molecule has 1 amide bonds. The Hall–Kier alpha value is -1.35. The van der Waals surface area contributed by atoms with Gasteiger partial charge in [0.2, 0.25) is 5.91 Å². The van der Waals surface area contributed by atoms with Crippen molar-refractivity contribution in [1.82, 2.24) is 10.2 Å². The molecule has 2 heterocycles. The van der Waals surface area contributed by atoms with E-state index < -0.39 is 5.54 Å². The lowest BCUT2D eigenvalue weighted by Crippen LogP contribution is -2.61. The van der Waals surface area contributed by atoms with Crippen LogP contribution in [0.2, 0.25) is 0 Å². The van der Waals surface area contributed by atoms with Gasteiger partial charge in [-0.05, 0) is 25.3 Å². The number of carbonyl (C=O) groups is 1. The molecule has 0 unspecified atom stereocenters. The Morgan fingerprint density at radius 2 is 2.37 bits per heavy atom. The Kier molecular flexibility index (Phi) is 4.25. The molecule has 0 saturated carbocycles. The molecule has 1 aliphatic heterocycles. The maximum Gasteiger partial charge on any atom is 0.240 e. The molecule has 0 radical (unpaired) electrons. The van der Waals surface area contributed by atoms with Gasteiger partial charge < -0.3 is 11.1 Å². The van der Waals surface area contributed by atoms with Crippen LogP contribution in [-0.2, 0) is 11.3 Å². The van der Waals surface area contributed by atoms with E-state index in [-0.39, 0.29) is 5.91 Å². The quantitative estimate of drug-likeness (QED) is 0.785. The molecule has 0 bridgehead atoms. The number of nitrogens with two attached hydrogens (primary N) is 1. The molecule has 1 fully saturated rings. The van der Waals surface area contributed by atoms with Gasteiger partial charge in [0, 0.05) is 30.1 Å². The van der Waals surface area contributed by atoms with Crippen LogP contribution >= 0.6 is 11.3 Å². The minimum Gasteiger partial charge on any atom is -0.353 e. The zero-order valence-corrected chi connectivity index (χ0v) is 12.1. The Labute approximate surface area is 118 Å². The van der Waals surface area contributed by atoms with Crippen LogP contribution in [0.15, 0.2) is 11.4 Å².